The fraction of sp³-hybridized carbons (Fsp3) is 0.667. The molecule has 3 rings (SSSR count). The van der Waals surface area contributed by atoms with Crippen molar-refractivity contribution in [3.63, 3.8) is 0 Å². The van der Waals surface area contributed by atoms with Gasteiger partial charge in [0.15, 0.2) is 0 Å². The lowest BCUT2D eigenvalue weighted by molar-refractivity contribution is -0.138. The maximum Gasteiger partial charge on any atom is 0.227 e. The molecule has 0 spiro atoms. The van der Waals surface area contributed by atoms with E-state index in [-0.39, 0.29) is 17.4 Å². The van der Waals surface area contributed by atoms with Gasteiger partial charge in [0.25, 0.3) is 0 Å². The third-order valence-electron chi connectivity index (χ3n) is 6.06. The number of methoxy groups -OCH3 is 2. The van der Waals surface area contributed by atoms with E-state index in [4.69, 9.17) is 15.2 Å². The number of anilines is 1. The zero-order valence-electron chi connectivity index (χ0n) is 16.9. The number of carbonyl (C=O) groups is 1. The second kappa shape index (κ2) is 8.38. The summed E-state index contributed by atoms with van der Waals surface area (Å²) in [6.07, 6.45) is 5.03. The molecule has 2 unspecified atom stereocenters. The van der Waals surface area contributed by atoms with Crippen molar-refractivity contribution in [1.82, 2.24) is 4.90 Å². The molecule has 1 heterocycles. The van der Waals surface area contributed by atoms with Crippen LogP contribution in [0.4, 0.5) is 5.69 Å². The van der Waals surface area contributed by atoms with Gasteiger partial charge in [-0.2, -0.15) is 0 Å². The largest absolute Gasteiger partial charge is 0.497 e. The van der Waals surface area contributed by atoms with Gasteiger partial charge in [0, 0.05) is 55.6 Å². The van der Waals surface area contributed by atoms with Crippen molar-refractivity contribution < 1.29 is 14.3 Å². The van der Waals surface area contributed by atoms with Gasteiger partial charge in [-0.05, 0) is 26.2 Å². The molecule has 2 fully saturated rings. The van der Waals surface area contributed by atoms with Crippen molar-refractivity contribution in [2.45, 2.75) is 44.6 Å². The lowest BCUT2D eigenvalue weighted by Crippen LogP contribution is -2.54. The number of benzene rings is 1. The van der Waals surface area contributed by atoms with Gasteiger partial charge in [-0.3, -0.25) is 4.79 Å². The summed E-state index contributed by atoms with van der Waals surface area (Å²) in [7, 11) is 3.32. The molecule has 2 aliphatic rings. The predicted molar refractivity (Wildman–Crippen MR) is 108 cm³/mol. The molecule has 0 radical (unpaired) electrons. The second-order valence-corrected chi connectivity index (χ2v) is 8.04. The van der Waals surface area contributed by atoms with Crippen molar-refractivity contribution >= 4 is 11.6 Å². The van der Waals surface area contributed by atoms with Crippen LogP contribution in [-0.4, -0.2) is 56.7 Å². The number of hydrogen-bond acceptors (Lipinski definition) is 5. The van der Waals surface area contributed by atoms with Gasteiger partial charge in [0.2, 0.25) is 5.91 Å². The Labute approximate surface area is 162 Å². The fourth-order valence-electron chi connectivity index (χ4n) is 4.36. The fourth-order valence-corrected chi connectivity index (χ4v) is 4.36. The lowest BCUT2D eigenvalue weighted by atomic mass is 9.74. The number of amides is 1. The highest BCUT2D eigenvalue weighted by molar-refractivity contribution is 5.80. The topological polar surface area (TPSA) is 68.0 Å². The van der Waals surface area contributed by atoms with Crippen LogP contribution in [0.25, 0.3) is 0 Å². The van der Waals surface area contributed by atoms with Crippen molar-refractivity contribution in [2.24, 2.45) is 11.7 Å². The molecule has 27 heavy (non-hydrogen) atoms. The quantitative estimate of drug-likeness (QED) is 0.876. The molecule has 1 saturated heterocycles. The van der Waals surface area contributed by atoms with Crippen molar-refractivity contribution in [2.75, 3.05) is 45.3 Å². The maximum absolute atomic E-state index is 13.2. The van der Waals surface area contributed by atoms with Gasteiger partial charge in [0.05, 0.1) is 20.1 Å². The van der Waals surface area contributed by atoms with Crippen LogP contribution in [0, 0.1) is 5.92 Å². The molecule has 150 valence electrons. The average Bonchev–Trinajstić information content (AvgIpc) is 2.93. The van der Waals surface area contributed by atoms with E-state index in [1.165, 1.54) is 0 Å². The van der Waals surface area contributed by atoms with E-state index in [2.05, 4.69) is 4.90 Å². The number of ether oxygens (including phenoxy) is 2. The molecular weight excluding hydrogens is 342 g/mol. The molecule has 6 nitrogen and oxygen atoms in total. The van der Waals surface area contributed by atoms with Crippen molar-refractivity contribution in [3.8, 4) is 11.5 Å². The minimum absolute atomic E-state index is 0.0466. The monoisotopic (exact) mass is 375 g/mol. The van der Waals surface area contributed by atoms with Crippen molar-refractivity contribution in [3.05, 3.63) is 18.2 Å². The van der Waals surface area contributed by atoms with Gasteiger partial charge < -0.3 is 25.0 Å². The van der Waals surface area contributed by atoms with Crippen LogP contribution in [0.15, 0.2) is 18.2 Å². The molecule has 6 heteroatoms. The highest BCUT2D eigenvalue weighted by Gasteiger charge is 2.40. The van der Waals surface area contributed by atoms with Gasteiger partial charge in [0.1, 0.15) is 11.5 Å². The van der Waals surface area contributed by atoms with Gasteiger partial charge in [-0.15, -0.1) is 0 Å². The predicted octanol–water partition coefficient (Wildman–Crippen LogP) is 2.65. The molecule has 1 amide bonds. The smallest absolute Gasteiger partial charge is 0.227 e. The summed E-state index contributed by atoms with van der Waals surface area (Å²) in [5, 5.41) is 0. The Bertz CT molecular complexity index is 640. The molecule has 1 aliphatic carbocycles. The summed E-state index contributed by atoms with van der Waals surface area (Å²) in [5.41, 5.74) is 7.16. The third-order valence-corrected chi connectivity index (χ3v) is 6.06. The van der Waals surface area contributed by atoms with E-state index in [1.54, 1.807) is 14.2 Å². The first-order chi connectivity index (χ1) is 12.9. The molecule has 1 saturated carbocycles. The molecule has 1 aliphatic heterocycles. The first-order valence-corrected chi connectivity index (χ1v) is 10.0. The Morgan fingerprint density at radius 1 is 1.04 bits per heavy atom. The summed E-state index contributed by atoms with van der Waals surface area (Å²) in [5.74, 6) is 1.75. The summed E-state index contributed by atoms with van der Waals surface area (Å²) >= 11 is 0. The van der Waals surface area contributed by atoms with Crippen LogP contribution >= 0.6 is 0 Å². The zero-order chi connectivity index (χ0) is 19.4. The Morgan fingerprint density at radius 3 is 2.37 bits per heavy atom. The first-order valence-electron chi connectivity index (χ1n) is 10.0. The van der Waals surface area contributed by atoms with Crippen LogP contribution in [-0.2, 0) is 4.79 Å². The third kappa shape index (κ3) is 4.49. The van der Waals surface area contributed by atoms with Gasteiger partial charge in [-0.1, -0.05) is 12.8 Å². The standard InChI is InChI=1S/C21H33N3O3/c1-21(22)8-5-4-7-19(21)20(25)24-10-6-9-23(11-12-24)16-13-17(26-2)15-18(14-16)27-3/h13-15,19H,4-12,22H2,1-3H3. The van der Waals surface area contributed by atoms with E-state index in [0.717, 1.165) is 75.5 Å². The highest BCUT2D eigenvalue weighted by Crippen LogP contribution is 2.34. The maximum atomic E-state index is 13.2. The number of nitrogens with zero attached hydrogens (tertiary/aromatic N) is 2. The Hall–Kier alpha value is -1.95. The Morgan fingerprint density at radius 2 is 1.74 bits per heavy atom. The summed E-state index contributed by atoms with van der Waals surface area (Å²) < 4.78 is 10.8. The van der Waals surface area contributed by atoms with Gasteiger partial charge in [-0.25, -0.2) is 0 Å². The van der Waals surface area contributed by atoms with Crippen molar-refractivity contribution in [1.29, 1.82) is 0 Å². The molecule has 1 aromatic rings. The molecule has 2 atom stereocenters. The van der Waals surface area contributed by atoms with E-state index in [9.17, 15) is 4.79 Å². The Kier molecular flexibility index (Phi) is 6.15. The van der Waals surface area contributed by atoms with Crippen LogP contribution in [0.1, 0.15) is 39.0 Å². The zero-order valence-corrected chi connectivity index (χ0v) is 16.9. The minimum Gasteiger partial charge on any atom is -0.497 e. The number of carbonyl (C=O) groups excluding carboxylic acids is 1. The molecule has 2 N–H and O–H groups in total. The van der Waals surface area contributed by atoms with E-state index >= 15 is 0 Å². The molecule has 0 bridgehead atoms. The number of nitrogens with two attached hydrogens (primary N) is 1. The molecule has 0 aromatic heterocycles. The van der Waals surface area contributed by atoms with E-state index in [1.807, 2.05) is 30.0 Å². The van der Waals surface area contributed by atoms with Crippen LogP contribution in [0.2, 0.25) is 0 Å². The van der Waals surface area contributed by atoms with Crippen LogP contribution in [0.3, 0.4) is 0 Å². The molecular formula is C21H33N3O3. The average molecular weight is 376 g/mol. The second-order valence-electron chi connectivity index (χ2n) is 8.04. The molecule has 1 aromatic carbocycles. The highest BCUT2D eigenvalue weighted by atomic mass is 16.5. The minimum atomic E-state index is -0.374. The van der Waals surface area contributed by atoms with Gasteiger partial charge >= 0.3 is 0 Å². The number of rotatable bonds is 4. The Balaban J connectivity index is 1.69. The van der Waals surface area contributed by atoms with Crippen LogP contribution in [0.5, 0.6) is 11.5 Å². The normalized spacial score (nSPS) is 26.4. The first kappa shape index (κ1) is 19.8. The van der Waals surface area contributed by atoms with Crippen LogP contribution < -0.4 is 20.1 Å². The summed E-state index contributed by atoms with van der Waals surface area (Å²) in [6, 6.07) is 5.93. The summed E-state index contributed by atoms with van der Waals surface area (Å²) in [4.78, 5) is 17.5. The lowest BCUT2D eigenvalue weighted by Gasteiger charge is -2.39. The summed E-state index contributed by atoms with van der Waals surface area (Å²) in [6.45, 7) is 5.27. The SMILES string of the molecule is COc1cc(OC)cc(N2CCCN(C(=O)C3CCCCC3(C)N)CC2)c1. The number of hydrogen-bond donors (Lipinski definition) is 1. The van der Waals surface area contributed by atoms with E-state index in [0.29, 0.717) is 0 Å². The van der Waals surface area contributed by atoms with E-state index < -0.39 is 0 Å².